The van der Waals surface area contributed by atoms with Gasteiger partial charge >= 0.3 is 5.97 Å². The zero-order chi connectivity index (χ0) is 22.5. The lowest BCUT2D eigenvalue weighted by atomic mass is 9.94. The Balaban J connectivity index is 2.10. The van der Waals surface area contributed by atoms with E-state index in [0.717, 1.165) is 31.7 Å². The van der Waals surface area contributed by atoms with E-state index >= 15 is 0 Å². The zero-order valence-corrected chi connectivity index (χ0v) is 19.7. The van der Waals surface area contributed by atoms with Gasteiger partial charge in [0, 0.05) is 19.6 Å². The summed E-state index contributed by atoms with van der Waals surface area (Å²) in [6.07, 6.45) is 5.18. The average Bonchev–Trinajstić information content (AvgIpc) is 2.70. The fourth-order valence-corrected chi connectivity index (χ4v) is 5.29. The van der Waals surface area contributed by atoms with E-state index in [1.165, 1.54) is 12.5 Å². The van der Waals surface area contributed by atoms with Crippen LogP contribution in [-0.2, 0) is 19.6 Å². The Labute approximate surface area is 188 Å². The molecule has 1 fully saturated rings. The van der Waals surface area contributed by atoms with Gasteiger partial charge in [0.05, 0.1) is 15.6 Å². The highest BCUT2D eigenvalue weighted by atomic mass is 35.5. The Morgan fingerprint density at radius 3 is 2.40 bits per heavy atom. The first-order chi connectivity index (χ1) is 14.0. The molecule has 1 aliphatic carbocycles. The molecule has 0 spiro atoms. The van der Waals surface area contributed by atoms with Crippen LogP contribution < -0.4 is 4.72 Å². The largest absolute Gasteiger partial charge is 0.452 e. The smallest absolute Gasteiger partial charge is 0.340 e. The van der Waals surface area contributed by atoms with E-state index in [0.29, 0.717) is 0 Å². The highest BCUT2D eigenvalue weighted by molar-refractivity contribution is 7.89. The first-order valence-corrected chi connectivity index (χ1v) is 12.2. The molecule has 0 bridgehead atoms. The van der Waals surface area contributed by atoms with Crippen molar-refractivity contribution in [3.8, 4) is 0 Å². The van der Waals surface area contributed by atoms with Crippen molar-refractivity contribution in [1.29, 1.82) is 0 Å². The molecule has 0 heterocycles. The Morgan fingerprint density at radius 1 is 1.17 bits per heavy atom. The van der Waals surface area contributed by atoms with E-state index in [2.05, 4.69) is 4.72 Å². The lowest BCUT2D eigenvalue weighted by Gasteiger charge is -2.31. The molecule has 0 unspecified atom stereocenters. The van der Waals surface area contributed by atoms with Crippen molar-refractivity contribution in [1.82, 2.24) is 9.62 Å². The van der Waals surface area contributed by atoms with Crippen molar-refractivity contribution in [3.63, 3.8) is 0 Å². The van der Waals surface area contributed by atoms with Gasteiger partial charge in [0.1, 0.15) is 4.90 Å². The Kier molecular flexibility index (Phi) is 8.97. The first-order valence-electron chi connectivity index (χ1n) is 9.94. The van der Waals surface area contributed by atoms with Crippen molar-refractivity contribution in [3.05, 3.63) is 27.7 Å². The SMILES string of the molecule is CC(C)CNS(=O)(=O)c1cc(C(=O)OCC(=O)N(C)C2CCCCC2)c(Cl)cc1Cl. The second kappa shape index (κ2) is 10.8. The van der Waals surface area contributed by atoms with Gasteiger partial charge in [-0.1, -0.05) is 56.3 Å². The molecule has 0 radical (unpaired) electrons. The maximum atomic E-state index is 12.5. The molecule has 1 N–H and O–H groups in total. The number of benzene rings is 1. The van der Waals surface area contributed by atoms with Crippen LogP contribution >= 0.6 is 23.2 Å². The summed E-state index contributed by atoms with van der Waals surface area (Å²) in [7, 11) is -2.24. The normalized spacial score (nSPS) is 15.3. The third-order valence-corrected chi connectivity index (χ3v) is 7.26. The van der Waals surface area contributed by atoms with Gasteiger partial charge in [0.2, 0.25) is 10.0 Å². The number of ether oxygens (including phenoxy) is 1. The molecule has 1 amide bonds. The second-order valence-electron chi connectivity index (χ2n) is 7.88. The monoisotopic (exact) mass is 478 g/mol. The summed E-state index contributed by atoms with van der Waals surface area (Å²) in [6, 6.07) is 2.40. The molecule has 1 aliphatic rings. The predicted molar refractivity (Wildman–Crippen MR) is 116 cm³/mol. The van der Waals surface area contributed by atoms with Crippen molar-refractivity contribution in [2.24, 2.45) is 5.92 Å². The van der Waals surface area contributed by atoms with Crippen LogP contribution in [0.25, 0.3) is 0 Å². The number of hydrogen-bond acceptors (Lipinski definition) is 5. The quantitative estimate of drug-likeness (QED) is 0.572. The van der Waals surface area contributed by atoms with Crippen LogP contribution in [0.1, 0.15) is 56.3 Å². The Bertz CT molecular complexity index is 883. The number of carbonyl (C=O) groups is 2. The minimum atomic E-state index is -3.94. The van der Waals surface area contributed by atoms with Crippen molar-refractivity contribution < 1.29 is 22.7 Å². The van der Waals surface area contributed by atoms with Gasteiger partial charge in [-0.15, -0.1) is 0 Å². The van der Waals surface area contributed by atoms with Gasteiger partial charge < -0.3 is 9.64 Å². The number of halogens is 2. The Hall–Kier alpha value is -1.35. The van der Waals surface area contributed by atoms with Gasteiger partial charge in [-0.2, -0.15) is 0 Å². The minimum Gasteiger partial charge on any atom is -0.452 e. The molecule has 1 saturated carbocycles. The third-order valence-electron chi connectivity index (χ3n) is 5.06. The molecule has 7 nitrogen and oxygen atoms in total. The highest BCUT2D eigenvalue weighted by Crippen LogP contribution is 2.29. The summed E-state index contributed by atoms with van der Waals surface area (Å²) < 4.78 is 32.6. The van der Waals surface area contributed by atoms with E-state index < -0.39 is 22.6 Å². The van der Waals surface area contributed by atoms with E-state index in [1.807, 2.05) is 13.8 Å². The van der Waals surface area contributed by atoms with Crippen LogP contribution in [0.15, 0.2) is 17.0 Å². The lowest BCUT2D eigenvalue weighted by molar-refractivity contribution is -0.135. The number of esters is 1. The fraction of sp³-hybridized carbons (Fsp3) is 0.600. The minimum absolute atomic E-state index is 0.0547. The molecule has 2 rings (SSSR count). The maximum Gasteiger partial charge on any atom is 0.340 e. The van der Waals surface area contributed by atoms with E-state index in [4.69, 9.17) is 27.9 Å². The third kappa shape index (κ3) is 6.57. The van der Waals surface area contributed by atoms with Crippen LogP contribution in [0.3, 0.4) is 0 Å². The van der Waals surface area contributed by atoms with E-state index in [1.54, 1.807) is 11.9 Å². The van der Waals surface area contributed by atoms with Crippen LogP contribution in [0.2, 0.25) is 10.0 Å². The molecule has 168 valence electrons. The summed E-state index contributed by atoms with van der Waals surface area (Å²) in [5.41, 5.74) is -0.167. The van der Waals surface area contributed by atoms with Gasteiger partial charge in [0.25, 0.3) is 5.91 Å². The molecule has 0 aliphatic heterocycles. The number of amides is 1. The van der Waals surface area contributed by atoms with Crippen LogP contribution in [0, 0.1) is 5.92 Å². The molecular formula is C20H28Cl2N2O5S. The second-order valence-corrected chi connectivity index (χ2v) is 10.4. The van der Waals surface area contributed by atoms with Crippen LogP contribution in [0.5, 0.6) is 0 Å². The van der Waals surface area contributed by atoms with Gasteiger partial charge in [-0.05, 0) is 30.9 Å². The number of rotatable bonds is 8. The van der Waals surface area contributed by atoms with Crippen LogP contribution in [0.4, 0.5) is 0 Å². The molecule has 1 aromatic carbocycles. The van der Waals surface area contributed by atoms with Gasteiger partial charge in [-0.3, -0.25) is 4.79 Å². The number of hydrogen-bond donors (Lipinski definition) is 1. The maximum absolute atomic E-state index is 12.5. The molecule has 1 aromatic rings. The van der Waals surface area contributed by atoms with Crippen molar-refractivity contribution in [2.75, 3.05) is 20.2 Å². The highest BCUT2D eigenvalue weighted by Gasteiger charge is 2.26. The number of carbonyl (C=O) groups excluding carboxylic acids is 2. The molecule has 0 aromatic heterocycles. The molecule has 10 heteroatoms. The lowest BCUT2D eigenvalue weighted by Crippen LogP contribution is -2.40. The topological polar surface area (TPSA) is 92.8 Å². The summed E-state index contributed by atoms with van der Waals surface area (Å²) in [5.74, 6) is -1.11. The number of sulfonamides is 1. The number of nitrogens with one attached hydrogen (secondary N) is 1. The van der Waals surface area contributed by atoms with Gasteiger partial charge in [-0.25, -0.2) is 17.9 Å². The van der Waals surface area contributed by atoms with E-state index in [-0.39, 0.29) is 44.9 Å². The number of likely N-dealkylation sites (N-methyl/N-ethyl adjacent to an activating group) is 1. The van der Waals surface area contributed by atoms with Gasteiger partial charge in [0.15, 0.2) is 6.61 Å². The predicted octanol–water partition coefficient (Wildman–Crippen LogP) is 3.88. The van der Waals surface area contributed by atoms with E-state index in [9.17, 15) is 18.0 Å². The summed E-state index contributed by atoms with van der Waals surface area (Å²) in [6.45, 7) is 3.48. The first kappa shape index (κ1) is 24.9. The zero-order valence-electron chi connectivity index (χ0n) is 17.4. The summed E-state index contributed by atoms with van der Waals surface area (Å²) in [5, 5.41) is -0.165. The average molecular weight is 479 g/mol. The molecule has 0 saturated heterocycles. The summed E-state index contributed by atoms with van der Waals surface area (Å²) >= 11 is 12.1. The Morgan fingerprint density at radius 2 is 1.80 bits per heavy atom. The molecule has 0 atom stereocenters. The van der Waals surface area contributed by atoms with Crippen LogP contribution in [-0.4, -0.2) is 51.4 Å². The van der Waals surface area contributed by atoms with Crippen molar-refractivity contribution >= 4 is 45.1 Å². The molecule has 30 heavy (non-hydrogen) atoms. The summed E-state index contributed by atoms with van der Waals surface area (Å²) in [4.78, 5) is 26.2. The molecular weight excluding hydrogens is 451 g/mol. The van der Waals surface area contributed by atoms with Crippen molar-refractivity contribution in [2.45, 2.75) is 56.9 Å². The fourth-order valence-electron chi connectivity index (χ4n) is 3.22. The standard InChI is InChI=1S/C20H28Cl2N2O5S/c1-13(2)11-23-30(27,28)18-9-15(16(21)10-17(18)22)20(26)29-12-19(25)24(3)14-7-5-4-6-8-14/h9-10,13-14,23H,4-8,11-12H2,1-3H3. The number of nitrogens with zero attached hydrogens (tertiary/aromatic N) is 1.